The molecule has 0 unspecified atom stereocenters. The fourth-order valence-corrected chi connectivity index (χ4v) is 3.86. The summed E-state index contributed by atoms with van der Waals surface area (Å²) in [5, 5.41) is 0. The average Bonchev–Trinajstić information content (AvgIpc) is 3.20. The van der Waals surface area contributed by atoms with Gasteiger partial charge in [0, 0.05) is 0 Å². The normalized spacial score (nSPS) is 37.3. The molecule has 3 saturated heterocycles. The number of rotatable bonds is 9. The zero-order chi connectivity index (χ0) is 19.5. The third kappa shape index (κ3) is 5.52. The minimum absolute atomic E-state index is 0.180. The molecule has 0 N–H and O–H groups in total. The van der Waals surface area contributed by atoms with Crippen LogP contribution < -0.4 is 0 Å². The highest BCUT2D eigenvalue weighted by atomic mass is 16.8. The molecule has 0 aromatic carbocycles. The Labute approximate surface area is 163 Å². The Hall–Kier alpha value is -0.500. The molecule has 0 aromatic rings. The van der Waals surface area contributed by atoms with Crippen molar-refractivity contribution in [1.82, 2.24) is 0 Å². The third-order valence-corrected chi connectivity index (χ3v) is 5.13. The zero-order valence-corrected chi connectivity index (χ0v) is 17.4. The lowest BCUT2D eigenvalue weighted by atomic mass is 10.1. The van der Waals surface area contributed by atoms with Gasteiger partial charge < -0.3 is 28.4 Å². The molecule has 3 heterocycles. The first-order valence-electron chi connectivity index (χ1n) is 10.4. The highest BCUT2D eigenvalue weighted by Crippen LogP contribution is 2.42. The highest BCUT2D eigenvalue weighted by Gasteiger charge is 2.59. The third-order valence-electron chi connectivity index (χ3n) is 5.13. The molecule has 3 aliphatic rings. The van der Waals surface area contributed by atoms with Crippen molar-refractivity contribution in [3.05, 3.63) is 12.2 Å². The molecule has 0 saturated carbocycles. The largest absolute Gasteiger partial charge is 0.350 e. The smallest absolute Gasteiger partial charge is 0.187 e. The Balaban J connectivity index is 1.49. The second-order valence-electron chi connectivity index (χ2n) is 8.53. The predicted octanol–water partition coefficient (Wildman–Crippen LogP) is 3.93. The molecule has 0 amide bonds. The molecule has 156 valence electrons. The lowest BCUT2D eigenvalue weighted by molar-refractivity contribution is -0.247. The molecule has 5 atom stereocenters. The molecule has 0 bridgehead atoms. The molecule has 3 aliphatic heterocycles. The predicted molar refractivity (Wildman–Crippen MR) is 101 cm³/mol. The number of unbranched alkanes of at least 4 members (excludes halogenated alkanes) is 3. The van der Waals surface area contributed by atoms with Crippen LogP contribution in [0, 0.1) is 0 Å². The first kappa shape index (κ1) is 21.2. The van der Waals surface area contributed by atoms with Gasteiger partial charge in [-0.05, 0) is 47.0 Å². The maximum Gasteiger partial charge on any atom is 0.187 e. The van der Waals surface area contributed by atoms with Crippen molar-refractivity contribution in [2.75, 3.05) is 13.2 Å². The van der Waals surface area contributed by atoms with E-state index in [1.165, 1.54) is 12.8 Å². The van der Waals surface area contributed by atoms with Crippen LogP contribution in [-0.2, 0) is 28.4 Å². The molecule has 3 rings (SSSR count). The van der Waals surface area contributed by atoms with E-state index in [2.05, 4.69) is 19.1 Å². The van der Waals surface area contributed by atoms with Gasteiger partial charge in [-0.15, -0.1) is 0 Å². The minimum atomic E-state index is -0.643. The van der Waals surface area contributed by atoms with E-state index >= 15 is 0 Å². The van der Waals surface area contributed by atoms with Crippen molar-refractivity contribution < 1.29 is 28.4 Å². The Morgan fingerprint density at radius 2 is 1.59 bits per heavy atom. The van der Waals surface area contributed by atoms with Crippen LogP contribution in [0.1, 0.15) is 66.7 Å². The Bertz CT molecular complexity index is 503. The zero-order valence-electron chi connectivity index (χ0n) is 17.4. The van der Waals surface area contributed by atoms with Crippen LogP contribution in [0.5, 0.6) is 0 Å². The minimum Gasteiger partial charge on any atom is -0.350 e. The number of allylic oxidation sites excluding steroid dienone is 2. The molecule has 6 nitrogen and oxygen atoms in total. The van der Waals surface area contributed by atoms with E-state index in [0.717, 1.165) is 19.3 Å². The van der Waals surface area contributed by atoms with E-state index < -0.39 is 17.9 Å². The fourth-order valence-electron chi connectivity index (χ4n) is 3.86. The van der Waals surface area contributed by atoms with E-state index in [9.17, 15) is 0 Å². The SMILES string of the molecule is CCCC/C=C\CCCO[C@H]1O[C@H]([C@@H]2COC(C)(C)O2)[C@@H]2OC(C)(C)O[C@H]12. The summed E-state index contributed by atoms with van der Waals surface area (Å²) in [4.78, 5) is 0. The van der Waals surface area contributed by atoms with Gasteiger partial charge in [-0.2, -0.15) is 0 Å². The standard InChI is InChI=1S/C21H36O6/c1-6-7-8-9-10-11-12-13-22-19-18-17(26-21(4,5)27-18)16(24-19)15-14-23-20(2,3)25-15/h9-10,15-19H,6-8,11-14H2,1-5H3/b10-9-/t15-,16+,17-,18-,19-/m0/s1. The molecule has 3 fully saturated rings. The molecule has 0 radical (unpaired) electrons. The summed E-state index contributed by atoms with van der Waals surface area (Å²) in [6, 6.07) is 0. The van der Waals surface area contributed by atoms with Crippen molar-refractivity contribution in [2.45, 2.75) is 109 Å². The van der Waals surface area contributed by atoms with Crippen molar-refractivity contribution in [1.29, 1.82) is 0 Å². The summed E-state index contributed by atoms with van der Waals surface area (Å²) >= 11 is 0. The summed E-state index contributed by atoms with van der Waals surface area (Å²) in [6.45, 7) is 11.0. The van der Waals surface area contributed by atoms with E-state index in [0.29, 0.717) is 13.2 Å². The molecule has 0 spiro atoms. The maximum atomic E-state index is 6.16. The van der Waals surface area contributed by atoms with Gasteiger partial charge in [0.25, 0.3) is 0 Å². The summed E-state index contributed by atoms with van der Waals surface area (Å²) in [5.41, 5.74) is 0. The van der Waals surface area contributed by atoms with Gasteiger partial charge in [-0.3, -0.25) is 0 Å². The van der Waals surface area contributed by atoms with Crippen molar-refractivity contribution in [3.8, 4) is 0 Å². The topological polar surface area (TPSA) is 55.4 Å². The number of fused-ring (bicyclic) bond motifs is 1. The van der Waals surface area contributed by atoms with Gasteiger partial charge in [-0.1, -0.05) is 31.9 Å². The van der Waals surface area contributed by atoms with Gasteiger partial charge >= 0.3 is 0 Å². The monoisotopic (exact) mass is 384 g/mol. The average molecular weight is 385 g/mol. The van der Waals surface area contributed by atoms with Crippen LogP contribution in [0.25, 0.3) is 0 Å². The molecule has 27 heavy (non-hydrogen) atoms. The number of hydrogen-bond acceptors (Lipinski definition) is 6. The lowest BCUT2D eigenvalue weighted by Crippen LogP contribution is -2.40. The van der Waals surface area contributed by atoms with Crippen LogP contribution in [0.4, 0.5) is 0 Å². The van der Waals surface area contributed by atoms with Gasteiger partial charge in [0.2, 0.25) is 0 Å². The van der Waals surface area contributed by atoms with Crippen LogP contribution >= 0.6 is 0 Å². The first-order chi connectivity index (χ1) is 12.8. The quantitative estimate of drug-likeness (QED) is 0.444. The van der Waals surface area contributed by atoms with Gasteiger partial charge in [-0.25, -0.2) is 0 Å². The highest BCUT2D eigenvalue weighted by molar-refractivity contribution is 4.99. The van der Waals surface area contributed by atoms with Crippen LogP contribution in [-0.4, -0.2) is 55.5 Å². The summed E-state index contributed by atoms with van der Waals surface area (Å²) in [6.07, 6.45) is 8.83. The van der Waals surface area contributed by atoms with Crippen LogP contribution in [0.3, 0.4) is 0 Å². The fraction of sp³-hybridized carbons (Fsp3) is 0.905. The Morgan fingerprint density at radius 1 is 0.889 bits per heavy atom. The van der Waals surface area contributed by atoms with Crippen molar-refractivity contribution >= 4 is 0 Å². The van der Waals surface area contributed by atoms with Gasteiger partial charge in [0.1, 0.15) is 24.4 Å². The van der Waals surface area contributed by atoms with Gasteiger partial charge in [0.15, 0.2) is 17.9 Å². The van der Waals surface area contributed by atoms with Crippen molar-refractivity contribution in [3.63, 3.8) is 0 Å². The van der Waals surface area contributed by atoms with Crippen LogP contribution in [0.15, 0.2) is 12.2 Å². The molecule has 0 aromatic heterocycles. The van der Waals surface area contributed by atoms with E-state index in [4.69, 9.17) is 28.4 Å². The maximum absolute atomic E-state index is 6.16. The van der Waals surface area contributed by atoms with E-state index in [-0.39, 0.29) is 24.4 Å². The number of ether oxygens (including phenoxy) is 6. The first-order valence-corrected chi connectivity index (χ1v) is 10.4. The number of hydrogen-bond donors (Lipinski definition) is 0. The second-order valence-corrected chi connectivity index (χ2v) is 8.53. The molecule has 0 aliphatic carbocycles. The van der Waals surface area contributed by atoms with E-state index in [1.807, 2.05) is 27.7 Å². The second kappa shape index (κ2) is 8.89. The van der Waals surface area contributed by atoms with Crippen molar-refractivity contribution in [2.24, 2.45) is 0 Å². The lowest BCUT2D eigenvalue weighted by Gasteiger charge is -2.27. The molecular weight excluding hydrogens is 348 g/mol. The Morgan fingerprint density at radius 3 is 2.26 bits per heavy atom. The molecule has 6 heteroatoms. The summed E-state index contributed by atoms with van der Waals surface area (Å²) in [7, 11) is 0. The van der Waals surface area contributed by atoms with E-state index in [1.54, 1.807) is 0 Å². The van der Waals surface area contributed by atoms with Gasteiger partial charge in [0.05, 0.1) is 13.2 Å². The van der Waals surface area contributed by atoms with Crippen LogP contribution in [0.2, 0.25) is 0 Å². The Kier molecular flexibility index (Phi) is 6.98. The molecular formula is C21H36O6. The summed E-state index contributed by atoms with van der Waals surface area (Å²) < 4.78 is 36.1. The summed E-state index contributed by atoms with van der Waals surface area (Å²) in [5.74, 6) is -1.24.